The molecule has 1 aromatic carbocycles. The summed E-state index contributed by atoms with van der Waals surface area (Å²) >= 11 is 0. The van der Waals surface area contributed by atoms with E-state index in [1.807, 2.05) is 25.1 Å². The molecule has 0 aliphatic heterocycles. The lowest BCUT2D eigenvalue weighted by atomic mass is 10.0. The van der Waals surface area contributed by atoms with Crippen LogP contribution in [0.5, 0.6) is 0 Å². The first-order valence-electron chi connectivity index (χ1n) is 4.94. The van der Waals surface area contributed by atoms with E-state index in [2.05, 4.69) is 0 Å². The molecule has 0 aliphatic carbocycles. The van der Waals surface area contributed by atoms with E-state index in [9.17, 15) is 4.79 Å². The Morgan fingerprint density at radius 2 is 1.88 bits per heavy atom. The second-order valence-electron chi connectivity index (χ2n) is 3.81. The molecule has 0 bridgehead atoms. The summed E-state index contributed by atoms with van der Waals surface area (Å²) in [5.41, 5.74) is 1.78. The zero-order chi connectivity index (χ0) is 12.1. The van der Waals surface area contributed by atoms with Gasteiger partial charge in [0.05, 0.1) is 0 Å². The number of nitrogens with zero attached hydrogens (tertiary/aromatic N) is 2. The Morgan fingerprint density at radius 1 is 1.31 bits per heavy atom. The maximum atomic E-state index is 11.9. The highest BCUT2D eigenvalue weighted by Crippen LogP contribution is 2.09. The quantitative estimate of drug-likeness (QED) is 0.440. The molecule has 1 aromatic rings. The minimum Gasteiger partial charge on any atom is -0.382 e. The minimum absolute atomic E-state index is 0.147. The summed E-state index contributed by atoms with van der Waals surface area (Å²) in [6.07, 6.45) is 1.53. The number of Topliss-reactive ketones (excluding diaryl/α,β-unsaturated/α-hetero) is 1. The fourth-order valence-electron chi connectivity index (χ4n) is 1.26. The van der Waals surface area contributed by atoms with Crippen LogP contribution in [-0.2, 0) is 0 Å². The molecule has 0 unspecified atom stereocenters. The van der Waals surface area contributed by atoms with Crippen LogP contribution in [0.4, 0.5) is 0 Å². The molecule has 0 spiro atoms. The summed E-state index contributed by atoms with van der Waals surface area (Å²) in [6, 6.07) is 9.10. The number of carbonyl (C=O) groups is 1. The number of aryl methyl sites for hydroxylation is 1. The molecule has 82 valence electrons. The van der Waals surface area contributed by atoms with Gasteiger partial charge in [0, 0.05) is 25.9 Å². The fourth-order valence-corrected chi connectivity index (χ4v) is 1.26. The first kappa shape index (κ1) is 12.0. The van der Waals surface area contributed by atoms with Crippen LogP contribution in [-0.4, -0.2) is 24.8 Å². The van der Waals surface area contributed by atoms with Gasteiger partial charge in [0.2, 0.25) is 5.78 Å². The number of allylic oxidation sites excluding steroid dienone is 1. The third kappa shape index (κ3) is 2.96. The van der Waals surface area contributed by atoms with Crippen molar-refractivity contribution >= 4 is 5.78 Å². The lowest BCUT2D eigenvalue weighted by molar-refractivity contribution is 0.103. The molecule has 3 heteroatoms. The molecule has 0 aliphatic rings. The van der Waals surface area contributed by atoms with Crippen LogP contribution in [0, 0.1) is 18.3 Å². The standard InChI is InChI=1S/C13H14N2O/c1-10-4-6-11(7-5-10)13(16)12(8-14)9-15(2)3/h4-7,9H,1-3H3/b12-9-. The molecule has 0 fully saturated rings. The summed E-state index contributed by atoms with van der Waals surface area (Å²) in [5, 5.41) is 8.90. The van der Waals surface area contributed by atoms with Gasteiger partial charge in [0.25, 0.3) is 0 Å². The van der Waals surface area contributed by atoms with Crippen molar-refractivity contribution in [1.82, 2.24) is 4.90 Å². The molecule has 0 amide bonds. The van der Waals surface area contributed by atoms with E-state index >= 15 is 0 Å². The van der Waals surface area contributed by atoms with Crippen molar-refractivity contribution in [3.63, 3.8) is 0 Å². The van der Waals surface area contributed by atoms with Crippen LogP contribution in [0.2, 0.25) is 0 Å². The van der Waals surface area contributed by atoms with Crippen LogP contribution in [0.3, 0.4) is 0 Å². The Morgan fingerprint density at radius 3 is 2.31 bits per heavy atom. The summed E-state index contributed by atoms with van der Waals surface area (Å²) in [4.78, 5) is 13.6. The molecular weight excluding hydrogens is 200 g/mol. The second kappa shape index (κ2) is 5.13. The molecule has 16 heavy (non-hydrogen) atoms. The lowest BCUT2D eigenvalue weighted by Gasteiger charge is -2.06. The third-order valence-corrected chi connectivity index (χ3v) is 2.07. The second-order valence-corrected chi connectivity index (χ2v) is 3.81. The molecular formula is C13H14N2O. The van der Waals surface area contributed by atoms with E-state index in [4.69, 9.17) is 5.26 Å². The number of carbonyl (C=O) groups excluding carboxylic acids is 1. The van der Waals surface area contributed by atoms with Crippen LogP contribution in [0.1, 0.15) is 15.9 Å². The van der Waals surface area contributed by atoms with E-state index in [1.54, 1.807) is 31.1 Å². The van der Waals surface area contributed by atoms with E-state index in [0.717, 1.165) is 5.56 Å². The molecule has 0 atom stereocenters. The van der Waals surface area contributed by atoms with Gasteiger partial charge in [0.15, 0.2) is 0 Å². The maximum Gasteiger partial charge on any atom is 0.205 e. The largest absolute Gasteiger partial charge is 0.382 e. The van der Waals surface area contributed by atoms with Gasteiger partial charge in [-0.2, -0.15) is 5.26 Å². The van der Waals surface area contributed by atoms with Crippen molar-refractivity contribution in [2.45, 2.75) is 6.92 Å². The van der Waals surface area contributed by atoms with E-state index in [1.165, 1.54) is 6.20 Å². The van der Waals surface area contributed by atoms with Gasteiger partial charge < -0.3 is 4.90 Å². The smallest absolute Gasteiger partial charge is 0.205 e. The van der Waals surface area contributed by atoms with Gasteiger partial charge in [-0.3, -0.25) is 4.79 Å². The van der Waals surface area contributed by atoms with Gasteiger partial charge in [-0.05, 0) is 6.92 Å². The molecule has 0 saturated carbocycles. The Hall–Kier alpha value is -2.08. The number of nitriles is 1. The predicted molar refractivity (Wildman–Crippen MR) is 62.9 cm³/mol. The summed E-state index contributed by atoms with van der Waals surface area (Å²) in [7, 11) is 3.56. The van der Waals surface area contributed by atoms with Gasteiger partial charge >= 0.3 is 0 Å². The van der Waals surface area contributed by atoms with Crippen molar-refractivity contribution in [3.8, 4) is 6.07 Å². The minimum atomic E-state index is -0.240. The molecule has 0 saturated heterocycles. The van der Waals surface area contributed by atoms with Crippen molar-refractivity contribution in [1.29, 1.82) is 5.26 Å². The van der Waals surface area contributed by atoms with E-state index < -0.39 is 0 Å². The normalized spacial score (nSPS) is 10.8. The van der Waals surface area contributed by atoms with Crippen molar-refractivity contribution in [3.05, 3.63) is 47.2 Å². The highest BCUT2D eigenvalue weighted by Gasteiger charge is 2.11. The molecule has 0 N–H and O–H groups in total. The fraction of sp³-hybridized carbons (Fsp3) is 0.231. The molecule has 1 rings (SSSR count). The van der Waals surface area contributed by atoms with Crippen LogP contribution in [0.15, 0.2) is 36.0 Å². The number of ketones is 1. The number of hydrogen-bond donors (Lipinski definition) is 0. The van der Waals surface area contributed by atoms with Crippen molar-refractivity contribution in [2.24, 2.45) is 0 Å². The van der Waals surface area contributed by atoms with Crippen molar-refractivity contribution in [2.75, 3.05) is 14.1 Å². The summed E-state index contributed by atoms with van der Waals surface area (Å²) in [6.45, 7) is 1.95. The third-order valence-electron chi connectivity index (χ3n) is 2.07. The number of rotatable bonds is 3. The zero-order valence-electron chi connectivity index (χ0n) is 9.69. The zero-order valence-corrected chi connectivity index (χ0v) is 9.69. The molecule has 0 aromatic heterocycles. The first-order chi connectivity index (χ1) is 7.54. The highest BCUT2D eigenvalue weighted by molar-refractivity contribution is 6.11. The molecule has 0 radical (unpaired) electrons. The topological polar surface area (TPSA) is 44.1 Å². The maximum absolute atomic E-state index is 11.9. The Labute approximate surface area is 95.6 Å². The SMILES string of the molecule is Cc1ccc(C(=O)/C(C#N)=C\N(C)C)cc1. The van der Waals surface area contributed by atoms with Gasteiger partial charge in [-0.15, -0.1) is 0 Å². The van der Waals surface area contributed by atoms with E-state index in [-0.39, 0.29) is 11.4 Å². The first-order valence-corrected chi connectivity index (χ1v) is 4.94. The Bertz CT molecular complexity index is 450. The van der Waals surface area contributed by atoms with Crippen molar-refractivity contribution < 1.29 is 4.79 Å². The lowest BCUT2D eigenvalue weighted by Crippen LogP contribution is -2.08. The molecule has 0 heterocycles. The monoisotopic (exact) mass is 214 g/mol. The van der Waals surface area contributed by atoms with E-state index in [0.29, 0.717) is 5.56 Å². The molecule has 3 nitrogen and oxygen atoms in total. The number of benzene rings is 1. The summed E-state index contributed by atoms with van der Waals surface area (Å²) in [5.74, 6) is -0.240. The number of hydrogen-bond acceptors (Lipinski definition) is 3. The highest BCUT2D eigenvalue weighted by atomic mass is 16.1. The Kier molecular flexibility index (Phi) is 3.84. The average molecular weight is 214 g/mol. The summed E-state index contributed by atoms with van der Waals surface area (Å²) < 4.78 is 0. The van der Waals surface area contributed by atoms with Gasteiger partial charge in [-0.25, -0.2) is 0 Å². The van der Waals surface area contributed by atoms with Gasteiger partial charge in [0.1, 0.15) is 11.6 Å². The van der Waals surface area contributed by atoms with Crippen LogP contribution in [0.25, 0.3) is 0 Å². The van der Waals surface area contributed by atoms with Crippen LogP contribution >= 0.6 is 0 Å². The average Bonchev–Trinajstić information content (AvgIpc) is 2.25. The predicted octanol–water partition coefficient (Wildman–Crippen LogP) is 2.15. The van der Waals surface area contributed by atoms with Gasteiger partial charge in [-0.1, -0.05) is 29.8 Å². The van der Waals surface area contributed by atoms with Crippen LogP contribution < -0.4 is 0 Å². The Balaban J connectivity index is 3.02.